The molecule has 1 heterocycles. The molecule has 0 atom stereocenters. The van der Waals surface area contributed by atoms with Gasteiger partial charge in [0.2, 0.25) is 5.91 Å². The van der Waals surface area contributed by atoms with E-state index in [0.29, 0.717) is 17.8 Å². The molecule has 0 unspecified atom stereocenters. The molecule has 0 fully saturated rings. The van der Waals surface area contributed by atoms with Gasteiger partial charge < -0.3 is 14.8 Å². The zero-order chi connectivity index (χ0) is 18.5. The minimum Gasteiger partial charge on any atom is -0.497 e. The van der Waals surface area contributed by atoms with E-state index in [1.807, 2.05) is 18.2 Å². The number of hydrogen-bond donors (Lipinski definition) is 1. The predicted octanol–water partition coefficient (Wildman–Crippen LogP) is 2.86. The van der Waals surface area contributed by atoms with E-state index in [9.17, 15) is 9.59 Å². The van der Waals surface area contributed by atoms with E-state index in [0.717, 1.165) is 16.7 Å². The number of nitrogens with zero attached hydrogens (tertiary/aromatic N) is 2. The van der Waals surface area contributed by atoms with Crippen molar-refractivity contribution in [2.24, 2.45) is 0 Å². The first-order valence-corrected chi connectivity index (χ1v) is 8.08. The van der Waals surface area contributed by atoms with Gasteiger partial charge in [-0.3, -0.25) is 9.48 Å². The minimum atomic E-state index is -0.412. The molecule has 2 aromatic carbocycles. The van der Waals surface area contributed by atoms with Crippen molar-refractivity contribution in [3.63, 3.8) is 0 Å². The van der Waals surface area contributed by atoms with Gasteiger partial charge >= 0.3 is 5.97 Å². The van der Waals surface area contributed by atoms with E-state index >= 15 is 0 Å². The summed E-state index contributed by atoms with van der Waals surface area (Å²) < 4.78 is 11.6. The van der Waals surface area contributed by atoms with Crippen molar-refractivity contribution in [2.75, 3.05) is 19.5 Å². The SMILES string of the molecule is COC(=O)c1ccc(NC(=O)CCn2ncc3cc(OC)ccc32)cc1. The molecular weight excluding hydrogens is 334 g/mol. The number of aryl methyl sites for hydroxylation is 1. The number of methoxy groups -OCH3 is 2. The second kappa shape index (κ2) is 7.69. The van der Waals surface area contributed by atoms with Gasteiger partial charge in [-0.25, -0.2) is 4.79 Å². The number of benzene rings is 2. The second-order valence-electron chi connectivity index (χ2n) is 5.66. The third kappa shape index (κ3) is 3.83. The van der Waals surface area contributed by atoms with Gasteiger partial charge in [0.1, 0.15) is 5.75 Å². The number of aromatic nitrogens is 2. The van der Waals surface area contributed by atoms with E-state index in [1.165, 1.54) is 7.11 Å². The van der Waals surface area contributed by atoms with Gasteiger partial charge in [0.25, 0.3) is 0 Å². The number of fused-ring (bicyclic) bond motifs is 1. The maximum Gasteiger partial charge on any atom is 0.337 e. The second-order valence-corrected chi connectivity index (χ2v) is 5.66. The van der Waals surface area contributed by atoms with Crippen molar-refractivity contribution >= 4 is 28.5 Å². The van der Waals surface area contributed by atoms with E-state index in [-0.39, 0.29) is 12.3 Å². The van der Waals surface area contributed by atoms with Gasteiger partial charge in [0.05, 0.1) is 38.0 Å². The summed E-state index contributed by atoms with van der Waals surface area (Å²) in [5.74, 6) is 0.225. The Kier molecular flexibility index (Phi) is 5.17. The summed E-state index contributed by atoms with van der Waals surface area (Å²) in [7, 11) is 2.95. The molecule has 0 spiro atoms. The molecule has 7 heteroatoms. The Balaban J connectivity index is 1.60. The van der Waals surface area contributed by atoms with E-state index in [4.69, 9.17) is 4.74 Å². The van der Waals surface area contributed by atoms with Crippen LogP contribution in [0.5, 0.6) is 5.75 Å². The summed E-state index contributed by atoms with van der Waals surface area (Å²) in [5, 5.41) is 8.08. The smallest absolute Gasteiger partial charge is 0.337 e. The number of amides is 1. The average molecular weight is 353 g/mol. The molecule has 0 aliphatic heterocycles. The summed E-state index contributed by atoms with van der Waals surface area (Å²) in [6, 6.07) is 12.2. The molecule has 3 rings (SSSR count). The lowest BCUT2D eigenvalue weighted by atomic mass is 10.2. The third-order valence-electron chi connectivity index (χ3n) is 3.99. The molecule has 1 N–H and O–H groups in total. The highest BCUT2D eigenvalue weighted by Crippen LogP contribution is 2.20. The van der Waals surface area contributed by atoms with E-state index in [1.54, 1.807) is 42.3 Å². The molecule has 1 amide bonds. The minimum absolute atomic E-state index is 0.132. The number of esters is 1. The normalized spacial score (nSPS) is 10.5. The lowest BCUT2D eigenvalue weighted by Crippen LogP contribution is -2.15. The highest BCUT2D eigenvalue weighted by molar-refractivity contribution is 5.93. The van der Waals surface area contributed by atoms with Gasteiger partial charge in [-0.1, -0.05) is 0 Å². The first-order chi connectivity index (χ1) is 12.6. The average Bonchev–Trinajstić information content (AvgIpc) is 3.08. The Morgan fingerprint density at radius 3 is 2.58 bits per heavy atom. The van der Waals surface area contributed by atoms with Gasteiger partial charge in [-0.2, -0.15) is 5.10 Å². The summed E-state index contributed by atoms with van der Waals surface area (Å²) in [4.78, 5) is 23.6. The number of nitrogens with one attached hydrogen (secondary N) is 1. The van der Waals surface area contributed by atoms with E-state index < -0.39 is 5.97 Å². The monoisotopic (exact) mass is 353 g/mol. The Bertz CT molecular complexity index is 932. The first-order valence-electron chi connectivity index (χ1n) is 8.08. The van der Waals surface area contributed by atoms with Gasteiger partial charge in [-0.05, 0) is 42.5 Å². The van der Waals surface area contributed by atoms with Crippen molar-refractivity contribution in [3.05, 3.63) is 54.2 Å². The molecule has 0 saturated heterocycles. The standard InChI is InChI=1S/C19H19N3O4/c1-25-16-7-8-17-14(11-16)12-20-22(17)10-9-18(23)21-15-5-3-13(4-6-15)19(24)26-2/h3-8,11-12H,9-10H2,1-2H3,(H,21,23). The summed E-state index contributed by atoms with van der Waals surface area (Å²) in [6.45, 7) is 0.460. The van der Waals surface area contributed by atoms with Crippen molar-refractivity contribution in [1.29, 1.82) is 0 Å². The van der Waals surface area contributed by atoms with Crippen LogP contribution >= 0.6 is 0 Å². The maximum absolute atomic E-state index is 12.2. The largest absolute Gasteiger partial charge is 0.497 e. The lowest BCUT2D eigenvalue weighted by molar-refractivity contribution is -0.116. The van der Waals surface area contributed by atoms with Crippen LogP contribution in [0.3, 0.4) is 0 Å². The van der Waals surface area contributed by atoms with E-state index in [2.05, 4.69) is 15.2 Å². The Morgan fingerprint density at radius 2 is 1.88 bits per heavy atom. The van der Waals surface area contributed by atoms with Crippen molar-refractivity contribution < 1.29 is 19.1 Å². The molecule has 0 aliphatic carbocycles. The zero-order valence-corrected chi connectivity index (χ0v) is 14.6. The quantitative estimate of drug-likeness (QED) is 0.689. The van der Waals surface area contributed by atoms with Crippen LogP contribution in [0.1, 0.15) is 16.8 Å². The van der Waals surface area contributed by atoms with Gasteiger partial charge in [0, 0.05) is 17.5 Å². The summed E-state index contributed by atoms with van der Waals surface area (Å²) in [6.07, 6.45) is 2.03. The molecule has 26 heavy (non-hydrogen) atoms. The maximum atomic E-state index is 12.2. The molecule has 0 radical (unpaired) electrons. The van der Waals surface area contributed by atoms with Crippen molar-refractivity contribution in [1.82, 2.24) is 9.78 Å². The molecule has 7 nitrogen and oxygen atoms in total. The fraction of sp³-hybridized carbons (Fsp3) is 0.211. The topological polar surface area (TPSA) is 82.5 Å². The Hall–Kier alpha value is -3.35. The van der Waals surface area contributed by atoms with Crippen LogP contribution in [0.25, 0.3) is 10.9 Å². The number of hydrogen-bond acceptors (Lipinski definition) is 5. The third-order valence-corrected chi connectivity index (χ3v) is 3.99. The number of ether oxygens (including phenoxy) is 2. The van der Waals surface area contributed by atoms with Gasteiger partial charge in [0.15, 0.2) is 0 Å². The predicted molar refractivity (Wildman–Crippen MR) is 97.3 cm³/mol. The molecule has 0 saturated carbocycles. The number of carbonyl (C=O) groups excluding carboxylic acids is 2. The Labute approximate surface area is 150 Å². The van der Waals surface area contributed by atoms with Crippen LogP contribution in [-0.2, 0) is 16.1 Å². The highest BCUT2D eigenvalue weighted by Gasteiger charge is 2.09. The fourth-order valence-corrected chi connectivity index (χ4v) is 2.61. The molecule has 134 valence electrons. The highest BCUT2D eigenvalue weighted by atomic mass is 16.5. The first kappa shape index (κ1) is 17.5. The lowest BCUT2D eigenvalue weighted by Gasteiger charge is -2.07. The molecule has 1 aromatic heterocycles. The fourth-order valence-electron chi connectivity index (χ4n) is 2.61. The number of anilines is 1. The summed E-state index contributed by atoms with van der Waals surface area (Å²) in [5.41, 5.74) is 2.00. The molecular formula is C19H19N3O4. The molecule has 3 aromatic rings. The number of rotatable bonds is 6. The van der Waals surface area contributed by atoms with Crippen LogP contribution in [0.4, 0.5) is 5.69 Å². The van der Waals surface area contributed by atoms with Crippen LogP contribution in [-0.4, -0.2) is 35.9 Å². The zero-order valence-electron chi connectivity index (χ0n) is 14.6. The van der Waals surface area contributed by atoms with Crippen LogP contribution in [0.2, 0.25) is 0 Å². The van der Waals surface area contributed by atoms with Crippen molar-refractivity contribution in [2.45, 2.75) is 13.0 Å². The number of carbonyl (C=O) groups is 2. The molecule has 0 aliphatic rings. The van der Waals surface area contributed by atoms with Gasteiger partial charge in [-0.15, -0.1) is 0 Å². The van der Waals surface area contributed by atoms with Crippen LogP contribution in [0, 0.1) is 0 Å². The van der Waals surface area contributed by atoms with Crippen molar-refractivity contribution in [3.8, 4) is 5.75 Å². The Morgan fingerprint density at radius 1 is 1.12 bits per heavy atom. The van der Waals surface area contributed by atoms with Crippen LogP contribution < -0.4 is 10.1 Å². The van der Waals surface area contributed by atoms with Crippen LogP contribution in [0.15, 0.2) is 48.7 Å². The summed E-state index contributed by atoms with van der Waals surface area (Å²) >= 11 is 0. The molecule has 0 bridgehead atoms.